The first-order chi connectivity index (χ1) is 10.5. The second-order valence-electron chi connectivity index (χ2n) is 5.10. The lowest BCUT2D eigenvalue weighted by atomic mass is 10.0. The average molecular weight is 349 g/mol. The van der Waals surface area contributed by atoms with Gasteiger partial charge in [-0.15, -0.1) is 0 Å². The molecule has 2 rings (SSSR count). The van der Waals surface area contributed by atoms with Gasteiger partial charge in [0.25, 0.3) is 5.91 Å². The van der Waals surface area contributed by atoms with Crippen molar-refractivity contribution in [1.82, 2.24) is 0 Å². The topological polar surface area (TPSA) is 63.7 Å². The lowest BCUT2D eigenvalue weighted by Crippen LogP contribution is -2.44. The number of carbonyl (C=O) groups is 1. The maximum atomic E-state index is 12.4. The molecule has 23 heavy (non-hydrogen) atoms. The van der Waals surface area contributed by atoms with Crippen molar-refractivity contribution in [2.75, 3.05) is 4.90 Å². The first kappa shape index (κ1) is 17.3. The summed E-state index contributed by atoms with van der Waals surface area (Å²) in [5.41, 5.74) is -5.13. The molecule has 5 nitrogen and oxygen atoms in total. The van der Waals surface area contributed by atoms with E-state index in [1.54, 1.807) is 37.3 Å². The van der Waals surface area contributed by atoms with Crippen molar-refractivity contribution in [2.24, 2.45) is 0 Å². The van der Waals surface area contributed by atoms with Gasteiger partial charge in [0.1, 0.15) is 5.76 Å². The van der Waals surface area contributed by atoms with Gasteiger partial charge in [-0.2, -0.15) is 21.6 Å². The molecule has 1 aromatic rings. The van der Waals surface area contributed by atoms with E-state index in [1.165, 1.54) is 11.8 Å². The molecular formula is C14H14F3NO4S. The third kappa shape index (κ3) is 3.34. The summed E-state index contributed by atoms with van der Waals surface area (Å²) < 4.78 is 63.7. The van der Waals surface area contributed by atoms with E-state index in [9.17, 15) is 26.4 Å². The minimum Gasteiger partial charge on any atom is -0.380 e. The molecule has 0 saturated heterocycles. The molecule has 0 radical (unpaired) electrons. The molecule has 126 valence electrons. The Labute approximate surface area is 131 Å². The van der Waals surface area contributed by atoms with Crippen LogP contribution >= 0.6 is 0 Å². The van der Waals surface area contributed by atoms with Crippen molar-refractivity contribution in [2.45, 2.75) is 31.8 Å². The number of benzene rings is 1. The fraction of sp³-hybridized carbons (Fsp3) is 0.357. The second kappa shape index (κ2) is 5.88. The summed E-state index contributed by atoms with van der Waals surface area (Å²) in [6, 6.07) is 8.01. The largest absolute Gasteiger partial charge is 0.534 e. The Morgan fingerprint density at radius 3 is 2.30 bits per heavy atom. The van der Waals surface area contributed by atoms with Crippen LogP contribution in [-0.4, -0.2) is 25.9 Å². The Balaban J connectivity index is 2.36. The van der Waals surface area contributed by atoms with Gasteiger partial charge in [0.15, 0.2) is 0 Å². The van der Waals surface area contributed by atoms with Crippen LogP contribution in [0.3, 0.4) is 0 Å². The zero-order chi connectivity index (χ0) is 17.4. The fourth-order valence-electron chi connectivity index (χ4n) is 2.25. The number of halogens is 3. The SMILES string of the molecule is CC1=C(OS(=O)(=O)C(F)(F)F)CC(C)N(c2ccccc2)C1=O. The van der Waals surface area contributed by atoms with Gasteiger partial charge in [0.05, 0.1) is 5.57 Å². The number of hydrogen-bond acceptors (Lipinski definition) is 4. The highest BCUT2D eigenvalue weighted by molar-refractivity contribution is 7.87. The van der Waals surface area contributed by atoms with E-state index >= 15 is 0 Å². The fourth-order valence-corrected chi connectivity index (χ4v) is 2.80. The molecule has 1 heterocycles. The van der Waals surface area contributed by atoms with Crippen LogP contribution in [0.1, 0.15) is 20.3 Å². The second-order valence-corrected chi connectivity index (χ2v) is 6.63. The van der Waals surface area contributed by atoms with Gasteiger partial charge in [0.2, 0.25) is 0 Å². The van der Waals surface area contributed by atoms with Crippen LogP contribution in [0.15, 0.2) is 41.7 Å². The van der Waals surface area contributed by atoms with Crippen LogP contribution in [0.25, 0.3) is 0 Å². The summed E-state index contributed by atoms with van der Waals surface area (Å²) in [6.45, 7) is 2.84. The lowest BCUT2D eigenvalue weighted by Gasteiger charge is -2.34. The zero-order valence-electron chi connectivity index (χ0n) is 12.3. The van der Waals surface area contributed by atoms with E-state index in [0.717, 1.165) is 0 Å². The highest BCUT2D eigenvalue weighted by Gasteiger charge is 2.49. The molecule has 9 heteroatoms. The van der Waals surface area contributed by atoms with Crippen molar-refractivity contribution >= 4 is 21.7 Å². The van der Waals surface area contributed by atoms with Crippen molar-refractivity contribution in [3.05, 3.63) is 41.7 Å². The number of rotatable bonds is 3. The molecular weight excluding hydrogens is 335 g/mol. The first-order valence-corrected chi connectivity index (χ1v) is 8.04. The predicted molar refractivity (Wildman–Crippen MR) is 76.8 cm³/mol. The quantitative estimate of drug-likeness (QED) is 0.622. The third-order valence-corrected chi connectivity index (χ3v) is 4.40. The van der Waals surface area contributed by atoms with E-state index in [4.69, 9.17) is 0 Å². The summed E-state index contributed by atoms with van der Waals surface area (Å²) in [5, 5.41) is 0. The predicted octanol–water partition coefficient (Wildman–Crippen LogP) is 2.95. The van der Waals surface area contributed by atoms with Gasteiger partial charge >= 0.3 is 15.6 Å². The lowest BCUT2D eigenvalue weighted by molar-refractivity contribution is -0.116. The van der Waals surface area contributed by atoms with Crippen LogP contribution in [-0.2, 0) is 19.1 Å². The molecule has 1 amide bonds. The Morgan fingerprint density at radius 1 is 1.22 bits per heavy atom. The molecule has 0 aliphatic carbocycles. The van der Waals surface area contributed by atoms with E-state index in [0.29, 0.717) is 5.69 Å². The van der Waals surface area contributed by atoms with Crippen LogP contribution in [0, 0.1) is 0 Å². The molecule has 1 atom stereocenters. The Bertz CT molecular complexity index is 741. The van der Waals surface area contributed by atoms with Crippen molar-refractivity contribution < 1.29 is 30.6 Å². The monoisotopic (exact) mass is 349 g/mol. The molecule has 1 aromatic carbocycles. The standard InChI is InChI=1S/C14H14F3NO4S/c1-9-8-12(22-23(20,21)14(15,16)17)10(2)13(19)18(9)11-6-4-3-5-7-11/h3-7,9H,8H2,1-2H3. The smallest absolute Gasteiger partial charge is 0.380 e. The number of nitrogens with zero attached hydrogens (tertiary/aromatic N) is 1. The molecule has 0 saturated carbocycles. The Morgan fingerprint density at radius 2 is 1.78 bits per heavy atom. The normalized spacial score (nSPS) is 20.0. The molecule has 0 spiro atoms. The maximum Gasteiger partial charge on any atom is 0.534 e. The Hall–Kier alpha value is -2.03. The number of hydrogen-bond donors (Lipinski definition) is 0. The summed E-state index contributed by atoms with van der Waals surface area (Å²) >= 11 is 0. The van der Waals surface area contributed by atoms with Gasteiger partial charge in [-0.25, -0.2) is 0 Å². The summed E-state index contributed by atoms with van der Waals surface area (Å²) in [7, 11) is -5.79. The highest BCUT2D eigenvalue weighted by atomic mass is 32.2. The summed E-state index contributed by atoms with van der Waals surface area (Å²) in [6.07, 6.45) is -0.137. The molecule has 0 N–H and O–H groups in total. The van der Waals surface area contributed by atoms with Gasteiger partial charge in [-0.05, 0) is 26.0 Å². The number of alkyl halides is 3. The molecule has 0 fully saturated rings. The number of para-hydroxylation sites is 1. The molecule has 0 bridgehead atoms. The highest BCUT2D eigenvalue weighted by Crippen LogP contribution is 2.34. The molecule has 1 aliphatic rings. The van der Waals surface area contributed by atoms with E-state index < -0.39 is 33.3 Å². The molecule has 0 aromatic heterocycles. The van der Waals surface area contributed by atoms with Gasteiger partial charge in [-0.1, -0.05) is 18.2 Å². The van der Waals surface area contributed by atoms with E-state index in [2.05, 4.69) is 4.18 Å². The van der Waals surface area contributed by atoms with Gasteiger partial charge < -0.3 is 9.08 Å². The third-order valence-electron chi connectivity index (χ3n) is 3.41. The summed E-state index contributed by atoms with van der Waals surface area (Å²) in [4.78, 5) is 13.8. The van der Waals surface area contributed by atoms with Crippen LogP contribution in [0.5, 0.6) is 0 Å². The molecule has 1 aliphatic heterocycles. The van der Waals surface area contributed by atoms with Gasteiger partial charge in [-0.3, -0.25) is 4.79 Å². The number of amides is 1. The maximum absolute atomic E-state index is 12.4. The van der Waals surface area contributed by atoms with Crippen LogP contribution < -0.4 is 4.90 Å². The zero-order valence-corrected chi connectivity index (χ0v) is 13.1. The van der Waals surface area contributed by atoms with E-state index in [1.807, 2.05) is 0 Å². The first-order valence-electron chi connectivity index (χ1n) is 6.63. The minimum absolute atomic E-state index is 0.137. The van der Waals surface area contributed by atoms with Crippen molar-refractivity contribution in [3.8, 4) is 0 Å². The number of anilines is 1. The van der Waals surface area contributed by atoms with Crippen molar-refractivity contribution in [1.29, 1.82) is 0 Å². The van der Waals surface area contributed by atoms with E-state index in [-0.39, 0.29) is 12.0 Å². The van der Waals surface area contributed by atoms with Crippen molar-refractivity contribution in [3.63, 3.8) is 0 Å². The average Bonchev–Trinajstić information content (AvgIpc) is 2.44. The summed E-state index contributed by atoms with van der Waals surface area (Å²) in [5.74, 6) is -1.07. The Kier molecular flexibility index (Phi) is 4.43. The van der Waals surface area contributed by atoms with Crippen LogP contribution in [0.2, 0.25) is 0 Å². The molecule has 1 unspecified atom stereocenters. The minimum atomic E-state index is -5.79. The number of carbonyl (C=O) groups excluding carboxylic acids is 1. The van der Waals surface area contributed by atoms with Gasteiger partial charge in [0, 0.05) is 18.2 Å². The van der Waals surface area contributed by atoms with Crippen LogP contribution in [0.4, 0.5) is 18.9 Å².